The highest BCUT2D eigenvalue weighted by Gasteiger charge is 2.12. The van der Waals surface area contributed by atoms with E-state index >= 15 is 0 Å². The van der Waals surface area contributed by atoms with E-state index in [1.54, 1.807) is 37.3 Å². The predicted molar refractivity (Wildman–Crippen MR) is 124 cm³/mol. The number of amides is 2. The van der Waals surface area contributed by atoms with Crippen LogP contribution in [-0.2, 0) is 14.3 Å². The van der Waals surface area contributed by atoms with Crippen LogP contribution in [0, 0.1) is 0 Å². The summed E-state index contributed by atoms with van der Waals surface area (Å²) in [5, 5.41) is 6.37. The molecule has 0 aliphatic carbocycles. The maximum Gasteiger partial charge on any atom is 0.344 e. The highest BCUT2D eigenvalue weighted by atomic mass is 79.9. The number of rotatable bonds is 11. The first-order valence-electron chi connectivity index (χ1n) is 9.78. The number of esters is 1. The number of methoxy groups -OCH3 is 2. The van der Waals surface area contributed by atoms with E-state index in [-0.39, 0.29) is 19.8 Å². The van der Waals surface area contributed by atoms with Crippen molar-refractivity contribution in [3.05, 3.63) is 52.0 Å². The third kappa shape index (κ3) is 8.11. The van der Waals surface area contributed by atoms with Gasteiger partial charge in [0, 0.05) is 5.56 Å². The minimum absolute atomic E-state index is 0.203. The Morgan fingerprint density at radius 3 is 2.42 bits per heavy atom. The molecule has 0 aromatic heterocycles. The Morgan fingerprint density at radius 1 is 1.03 bits per heavy atom. The van der Waals surface area contributed by atoms with Crippen LogP contribution in [0.25, 0.3) is 0 Å². The molecule has 2 rings (SSSR count). The van der Waals surface area contributed by atoms with Gasteiger partial charge in [0.05, 0.1) is 38.1 Å². The van der Waals surface area contributed by atoms with Gasteiger partial charge in [0.25, 0.3) is 11.8 Å². The second-order valence-corrected chi connectivity index (χ2v) is 7.18. The normalized spacial score (nSPS) is 10.4. The number of carbonyl (C=O) groups excluding carboxylic acids is 3. The summed E-state index contributed by atoms with van der Waals surface area (Å²) in [6.07, 6.45) is 1.42. The van der Waals surface area contributed by atoms with E-state index in [0.717, 1.165) is 0 Å². The Bertz CT molecular complexity index is 1030. The maximum atomic E-state index is 12.2. The molecule has 0 bridgehead atoms. The molecule has 176 valence electrons. The van der Waals surface area contributed by atoms with Gasteiger partial charge in [0.15, 0.2) is 18.1 Å². The van der Waals surface area contributed by atoms with Crippen LogP contribution < -0.4 is 25.0 Å². The highest BCUT2D eigenvalue weighted by Crippen LogP contribution is 2.27. The molecule has 2 N–H and O–H groups in total. The summed E-state index contributed by atoms with van der Waals surface area (Å²) in [6.45, 7) is 1.52. The van der Waals surface area contributed by atoms with Crippen molar-refractivity contribution in [3.63, 3.8) is 0 Å². The maximum absolute atomic E-state index is 12.2. The first-order valence-corrected chi connectivity index (χ1v) is 10.6. The van der Waals surface area contributed by atoms with E-state index in [2.05, 4.69) is 31.8 Å². The van der Waals surface area contributed by atoms with Crippen molar-refractivity contribution in [1.82, 2.24) is 10.7 Å². The molecule has 33 heavy (non-hydrogen) atoms. The zero-order valence-electron chi connectivity index (χ0n) is 18.3. The first kappa shape index (κ1) is 25.7. The van der Waals surface area contributed by atoms with Crippen LogP contribution in [0.2, 0.25) is 0 Å². The van der Waals surface area contributed by atoms with Gasteiger partial charge in [-0.2, -0.15) is 5.10 Å². The zero-order chi connectivity index (χ0) is 24.2. The Balaban J connectivity index is 1.83. The van der Waals surface area contributed by atoms with Crippen LogP contribution in [0.5, 0.6) is 17.2 Å². The van der Waals surface area contributed by atoms with E-state index < -0.39 is 17.8 Å². The Kier molecular flexibility index (Phi) is 10.2. The topological polar surface area (TPSA) is 125 Å². The van der Waals surface area contributed by atoms with Crippen molar-refractivity contribution in [1.29, 1.82) is 0 Å². The third-order valence-electron chi connectivity index (χ3n) is 4.06. The number of nitrogens with one attached hydrogen (secondary N) is 2. The third-order valence-corrected chi connectivity index (χ3v) is 4.68. The number of hydrazone groups is 1. The summed E-state index contributed by atoms with van der Waals surface area (Å²) in [4.78, 5) is 35.6. The van der Waals surface area contributed by atoms with Crippen LogP contribution in [-0.4, -0.2) is 58.0 Å². The molecule has 10 nitrogen and oxygen atoms in total. The van der Waals surface area contributed by atoms with Gasteiger partial charge in [-0.3, -0.25) is 9.59 Å². The van der Waals surface area contributed by atoms with Crippen LogP contribution in [0.1, 0.15) is 22.8 Å². The predicted octanol–water partition coefficient (Wildman–Crippen LogP) is 2.29. The van der Waals surface area contributed by atoms with Gasteiger partial charge in [0.1, 0.15) is 5.75 Å². The number of hydrogen-bond donors (Lipinski definition) is 2. The van der Waals surface area contributed by atoms with Gasteiger partial charge in [-0.15, -0.1) is 0 Å². The average molecular weight is 522 g/mol. The molecule has 11 heteroatoms. The largest absolute Gasteiger partial charge is 0.493 e. The van der Waals surface area contributed by atoms with Gasteiger partial charge in [0.2, 0.25) is 0 Å². The highest BCUT2D eigenvalue weighted by molar-refractivity contribution is 9.10. The molecule has 0 fully saturated rings. The molecule has 2 amide bonds. The fourth-order valence-electron chi connectivity index (χ4n) is 2.51. The van der Waals surface area contributed by atoms with E-state index in [0.29, 0.717) is 32.8 Å². The van der Waals surface area contributed by atoms with Gasteiger partial charge in [-0.1, -0.05) is 0 Å². The lowest BCUT2D eigenvalue weighted by Gasteiger charge is -2.09. The zero-order valence-corrected chi connectivity index (χ0v) is 19.9. The summed E-state index contributed by atoms with van der Waals surface area (Å²) in [6, 6.07) is 9.72. The van der Waals surface area contributed by atoms with Gasteiger partial charge in [-0.25, -0.2) is 10.2 Å². The monoisotopic (exact) mass is 521 g/mol. The summed E-state index contributed by atoms with van der Waals surface area (Å²) < 4.78 is 21.1. The lowest BCUT2D eigenvalue weighted by molar-refractivity contribution is -0.145. The molecule has 0 spiro atoms. The van der Waals surface area contributed by atoms with Crippen LogP contribution in [0.3, 0.4) is 0 Å². The molecule has 2 aromatic rings. The van der Waals surface area contributed by atoms with E-state index in [4.69, 9.17) is 18.9 Å². The lowest BCUT2D eigenvalue weighted by atomic mass is 10.2. The molecule has 0 saturated carbocycles. The average Bonchev–Trinajstić information content (AvgIpc) is 2.81. The van der Waals surface area contributed by atoms with Crippen LogP contribution >= 0.6 is 15.9 Å². The molecular formula is C22H24BrN3O7. The molecule has 0 atom stereocenters. The summed E-state index contributed by atoms with van der Waals surface area (Å²) in [7, 11) is 2.96. The molecule has 0 radical (unpaired) electrons. The standard InChI is InChI=1S/C22H24BrN3O7/c1-4-32-21(28)13-33-17-7-5-14(9-16(17)23)11-25-26-20(27)12-24-22(29)15-6-8-18(30-2)19(10-15)31-3/h5-11H,4,12-13H2,1-3H3,(H,24,29)(H,26,27). The number of nitrogens with zero attached hydrogens (tertiary/aromatic N) is 1. The molecule has 0 heterocycles. The van der Waals surface area contributed by atoms with Crippen molar-refractivity contribution in [2.45, 2.75) is 6.92 Å². The number of halogens is 1. The summed E-state index contributed by atoms with van der Waals surface area (Å²) in [5.41, 5.74) is 3.32. The van der Waals surface area contributed by atoms with E-state index in [9.17, 15) is 14.4 Å². The second-order valence-electron chi connectivity index (χ2n) is 6.33. The molecular weight excluding hydrogens is 498 g/mol. The summed E-state index contributed by atoms with van der Waals surface area (Å²) >= 11 is 3.35. The van der Waals surface area contributed by atoms with Crippen molar-refractivity contribution >= 4 is 39.9 Å². The van der Waals surface area contributed by atoms with Gasteiger partial charge in [-0.05, 0) is 64.8 Å². The fourth-order valence-corrected chi connectivity index (χ4v) is 3.02. The smallest absolute Gasteiger partial charge is 0.344 e. The molecule has 0 saturated heterocycles. The summed E-state index contributed by atoms with van der Waals surface area (Å²) in [5.74, 6) is -0.0573. The molecule has 0 unspecified atom stereocenters. The number of hydrogen-bond acceptors (Lipinski definition) is 8. The molecule has 2 aromatic carbocycles. The van der Waals surface area contributed by atoms with Crippen LogP contribution in [0.15, 0.2) is 46.0 Å². The Morgan fingerprint density at radius 2 is 1.76 bits per heavy atom. The molecule has 0 aliphatic rings. The van der Waals surface area contributed by atoms with E-state index in [1.807, 2.05) is 0 Å². The first-order chi connectivity index (χ1) is 15.9. The van der Waals surface area contributed by atoms with Crippen molar-refractivity contribution in [3.8, 4) is 17.2 Å². The van der Waals surface area contributed by atoms with E-state index in [1.165, 1.54) is 26.5 Å². The van der Waals surface area contributed by atoms with Gasteiger partial charge < -0.3 is 24.3 Å². The van der Waals surface area contributed by atoms with Crippen molar-refractivity contribution in [2.75, 3.05) is 34.0 Å². The second kappa shape index (κ2) is 13.1. The quantitative estimate of drug-likeness (QED) is 0.264. The number of benzene rings is 2. The lowest BCUT2D eigenvalue weighted by Crippen LogP contribution is -2.34. The minimum atomic E-state index is -0.506. The van der Waals surface area contributed by atoms with Crippen LogP contribution in [0.4, 0.5) is 0 Å². The SMILES string of the molecule is CCOC(=O)COc1ccc(C=NNC(=O)CNC(=O)c2ccc(OC)c(OC)c2)cc1Br. The van der Waals surface area contributed by atoms with Crippen molar-refractivity contribution < 1.29 is 33.3 Å². The Hall–Kier alpha value is -3.60. The van der Waals surface area contributed by atoms with Gasteiger partial charge >= 0.3 is 5.97 Å². The number of carbonyl (C=O) groups is 3. The Labute approximate surface area is 199 Å². The molecule has 0 aliphatic heterocycles. The fraction of sp³-hybridized carbons (Fsp3) is 0.273. The van der Waals surface area contributed by atoms with Crippen molar-refractivity contribution in [2.24, 2.45) is 5.10 Å². The number of ether oxygens (including phenoxy) is 4. The minimum Gasteiger partial charge on any atom is -0.493 e.